The number of nitrogens with one attached hydrogen (secondary N) is 1. The minimum atomic E-state index is -0.384. The van der Waals surface area contributed by atoms with Gasteiger partial charge in [-0.05, 0) is 36.8 Å². The number of thioether (sulfide) groups is 1. The van der Waals surface area contributed by atoms with Gasteiger partial charge < -0.3 is 5.73 Å². The molecule has 0 unspecified atom stereocenters. The lowest BCUT2D eigenvalue weighted by atomic mass is 10.2. The van der Waals surface area contributed by atoms with Gasteiger partial charge in [-0.2, -0.15) is 0 Å². The molecule has 0 aliphatic rings. The first-order valence-corrected chi connectivity index (χ1v) is 7.43. The zero-order chi connectivity index (χ0) is 15.2. The molecule has 4 nitrogen and oxygen atoms in total. The molecule has 0 saturated carbocycles. The first-order chi connectivity index (χ1) is 10.1. The average Bonchev–Trinajstić information content (AvgIpc) is 2.49. The van der Waals surface area contributed by atoms with Gasteiger partial charge in [-0.25, -0.2) is 0 Å². The lowest BCUT2D eigenvalue weighted by Gasteiger charge is -2.08. The Balaban J connectivity index is 1.91. The van der Waals surface area contributed by atoms with Gasteiger partial charge in [-0.15, -0.1) is 11.8 Å². The predicted octanol–water partition coefficient (Wildman–Crippen LogP) is 2.63. The SMILES string of the molecule is Cc1c(N)cccc1SCC(=O)NC(=O)c1ccccc1. The van der Waals surface area contributed by atoms with Crippen molar-refractivity contribution in [2.75, 3.05) is 11.5 Å². The van der Waals surface area contributed by atoms with Crippen LogP contribution in [0.25, 0.3) is 0 Å². The highest BCUT2D eigenvalue weighted by Crippen LogP contribution is 2.25. The number of imide groups is 1. The molecule has 0 radical (unpaired) electrons. The Morgan fingerprint density at radius 2 is 1.81 bits per heavy atom. The average molecular weight is 300 g/mol. The van der Waals surface area contributed by atoms with Crippen LogP contribution in [0.15, 0.2) is 53.4 Å². The van der Waals surface area contributed by atoms with E-state index in [1.54, 1.807) is 24.3 Å². The number of nitrogens with two attached hydrogens (primary N) is 1. The van der Waals surface area contributed by atoms with E-state index in [2.05, 4.69) is 5.32 Å². The van der Waals surface area contributed by atoms with Crippen LogP contribution in [-0.4, -0.2) is 17.6 Å². The number of carbonyl (C=O) groups excluding carboxylic acids is 2. The molecule has 0 aliphatic heterocycles. The lowest BCUT2D eigenvalue weighted by molar-refractivity contribution is -0.117. The van der Waals surface area contributed by atoms with E-state index >= 15 is 0 Å². The minimum Gasteiger partial charge on any atom is -0.398 e. The van der Waals surface area contributed by atoms with Crippen LogP contribution in [0.4, 0.5) is 5.69 Å². The fourth-order valence-electron chi connectivity index (χ4n) is 1.76. The van der Waals surface area contributed by atoms with Crippen LogP contribution >= 0.6 is 11.8 Å². The summed E-state index contributed by atoms with van der Waals surface area (Å²) in [5.74, 6) is -0.538. The Bertz CT molecular complexity index is 657. The molecular formula is C16H16N2O2S. The summed E-state index contributed by atoms with van der Waals surface area (Å²) in [7, 11) is 0. The zero-order valence-electron chi connectivity index (χ0n) is 11.6. The van der Waals surface area contributed by atoms with Crippen molar-refractivity contribution < 1.29 is 9.59 Å². The van der Waals surface area contributed by atoms with Gasteiger partial charge in [0.25, 0.3) is 5.91 Å². The summed E-state index contributed by atoms with van der Waals surface area (Å²) in [6.45, 7) is 1.91. The predicted molar refractivity (Wildman–Crippen MR) is 85.2 cm³/mol. The van der Waals surface area contributed by atoms with Crippen LogP contribution in [0, 0.1) is 6.92 Å². The van der Waals surface area contributed by atoms with Crippen molar-refractivity contribution >= 4 is 29.3 Å². The number of hydrogen-bond acceptors (Lipinski definition) is 4. The first-order valence-electron chi connectivity index (χ1n) is 6.45. The Kier molecular flexibility index (Phi) is 5.00. The van der Waals surface area contributed by atoms with Crippen molar-refractivity contribution in [3.8, 4) is 0 Å². The maximum absolute atomic E-state index is 11.8. The van der Waals surface area contributed by atoms with Crippen molar-refractivity contribution in [2.24, 2.45) is 0 Å². The highest BCUT2D eigenvalue weighted by Gasteiger charge is 2.11. The van der Waals surface area contributed by atoms with Crippen LogP contribution in [0.5, 0.6) is 0 Å². The molecule has 0 aliphatic carbocycles. The quantitative estimate of drug-likeness (QED) is 0.672. The monoisotopic (exact) mass is 300 g/mol. The third-order valence-electron chi connectivity index (χ3n) is 2.97. The topological polar surface area (TPSA) is 72.2 Å². The Hall–Kier alpha value is -2.27. The van der Waals surface area contributed by atoms with Crippen LogP contribution in [0.3, 0.4) is 0 Å². The number of carbonyl (C=O) groups is 2. The van der Waals surface area contributed by atoms with Gasteiger partial charge in [0.2, 0.25) is 5.91 Å². The molecule has 0 saturated heterocycles. The lowest BCUT2D eigenvalue weighted by Crippen LogP contribution is -2.31. The second kappa shape index (κ2) is 6.95. The molecule has 0 bridgehead atoms. The second-order valence-electron chi connectivity index (χ2n) is 4.50. The zero-order valence-corrected chi connectivity index (χ0v) is 12.4. The fraction of sp³-hybridized carbons (Fsp3) is 0.125. The molecule has 5 heteroatoms. The molecule has 108 valence electrons. The molecule has 2 rings (SSSR count). The Morgan fingerprint density at radius 3 is 2.52 bits per heavy atom. The van der Waals surface area contributed by atoms with Crippen LogP contribution < -0.4 is 11.1 Å². The number of anilines is 1. The van der Waals surface area contributed by atoms with E-state index in [-0.39, 0.29) is 17.6 Å². The van der Waals surface area contributed by atoms with Gasteiger partial charge in [0.15, 0.2) is 0 Å². The van der Waals surface area contributed by atoms with Gasteiger partial charge in [0.1, 0.15) is 0 Å². The van der Waals surface area contributed by atoms with Gasteiger partial charge in [-0.3, -0.25) is 14.9 Å². The van der Waals surface area contributed by atoms with Crippen molar-refractivity contribution in [1.29, 1.82) is 0 Å². The van der Waals surface area contributed by atoms with Gasteiger partial charge >= 0.3 is 0 Å². The highest BCUT2D eigenvalue weighted by molar-refractivity contribution is 8.00. The van der Waals surface area contributed by atoms with E-state index in [0.29, 0.717) is 11.3 Å². The third kappa shape index (κ3) is 4.10. The van der Waals surface area contributed by atoms with E-state index in [1.807, 2.05) is 31.2 Å². The summed E-state index contributed by atoms with van der Waals surface area (Å²) in [6.07, 6.45) is 0. The second-order valence-corrected chi connectivity index (χ2v) is 5.52. The number of amides is 2. The van der Waals surface area contributed by atoms with Crippen LogP contribution in [0.1, 0.15) is 15.9 Å². The summed E-state index contributed by atoms with van der Waals surface area (Å²) >= 11 is 1.36. The largest absolute Gasteiger partial charge is 0.398 e. The third-order valence-corrected chi connectivity index (χ3v) is 4.13. The van der Waals surface area contributed by atoms with E-state index in [4.69, 9.17) is 5.73 Å². The smallest absolute Gasteiger partial charge is 0.257 e. The first kappa shape index (κ1) is 15.1. The molecule has 0 fully saturated rings. The number of rotatable bonds is 4. The van der Waals surface area contributed by atoms with Crippen molar-refractivity contribution in [3.63, 3.8) is 0 Å². The summed E-state index contributed by atoms with van der Waals surface area (Å²) in [5, 5.41) is 2.37. The van der Waals surface area contributed by atoms with Gasteiger partial charge in [-0.1, -0.05) is 24.3 Å². The molecule has 0 aromatic heterocycles. The summed E-state index contributed by atoms with van der Waals surface area (Å²) < 4.78 is 0. The maximum atomic E-state index is 11.8. The number of benzene rings is 2. The Morgan fingerprint density at radius 1 is 1.10 bits per heavy atom. The molecule has 0 atom stereocenters. The van der Waals surface area contributed by atoms with E-state index in [0.717, 1.165) is 10.5 Å². The fourth-order valence-corrected chi connectivity index (χ4v) is 2.62. The Labute approximate surface area is 127 Å². The molecule has 2 amide bonds. The van der Waals surface area contributed by atoms with Crippen molar-refractivity contribution in [2.45, 2.75) is 11.8 Å². The molecule has 0 heterocycles. The molecule has 2 aromatic rings. The van der Waals surface area contributed by atoms with Gasteiger partial charge in [0.05, 0.1) is 5.75 Å². The van der Waals surface area contributed by atoms with Crippen molar-refractivity contribution in [1.82, 2.24) is 5.32 Å². The maximum Gasteiger partial charge on any atom is 0.257 e. The summed E-state index contributed by atoms with van der Waals surface area (Å²) in [6, 6.07) is 14.2. The molecular weight excluding hydrogens is 284 g/mol. The summed E-state index contributed by atoms with van der Waals surface area (Å²) in [5.41, 5.74) is 7.93. The van der Waals surface area contributed by atoms with E-state index in [1.165, 1.54) is 11.8 Å². The standard InChI is InChI=1S/C16H16N2O2S/c1-11-13(17)8-5-9-14(11)21-10-15(19)18-16(20)12-6-3-2-4-7-12/h2-9H,10,17H2,1H3,(H,18,19,20). The normalized spacial score (nSPS) is 10.1. The molecule has 2 aromatic carbocycles. The molecule has 3 N–H and O–H groups in total. The number of hydrogen-bond donors (Lipinski definition) is 2. The van der Waals surface area contributed by atoms with Crippen LogP contribution in [-0.2, 0) is 4.79 Å². The number of nitrogen functional groups attached to an aromatic ring is 1. The van der Waals surface area contributed by atoms with Crippen LogP contribution in [0.2, 0.25) is 0 Å². The summed E-state index contributed by atoms with van der Waals surface area (Å²) in [4.78, 5) is 24.6. The molecule has 21 heavy (non-hydrogen) atoms. The molecule has 0 spiro atoms. The minimum absolute atomic E-state index is 0.170. The highest BCUT2D eigenvalue weighted by atomic mass is 32.2. The van der Waals surface area contributed by atoms with E-state index < -0.39 is 0 Å². The van der Waals surface area contributed by atoms with E-state index in [9.17, 15) is 9.59 Å². The van der Waals surface area contributed by atoms with Crippen molar-refractivity contribution in [3.05, 3.63) is 59.7 Å². The van der Waals surface area contributed by atoms with Gasteiger partial charge in [0, 0.05) is 16.1 Å².